The fourth-order valence-corrected chi connectivity index (χ4v) is 3.45. The highest BCUT2D eigenvalue weighted by atomic mass is 16.6. The molecule has 1 aromatic rings. The van der Waals surface area contributed by atoms with Crippen molar-refractivity contribution >= 4 is 11.5 Å². The summed E-state index contributed by atoms with van der Waals surface area (Å²) in [5.74, 6) is 0.0832. The first-order valence-corrected chi connectivity index (χ1v) is 8.33. The second kappa shape index (κ2) is 7.51. The first-order valence-electron chi connectivity index (χ1n) is 8.33. The van der Waals surface area contributed by atoms with Gasteiger partial charge in [0.2, 0.25) is 0 Å². The van der Waals surface area contributed by atoms with Gasteiger partial charge in [-0.1, -0.05) is 12.1 Å². The number of carbonyl (C=O) groups is 1. The van der Waals surface area contributed by atoms with Crippen molar-refractivity contribution in [3.8, 4) is 5.75 Å². The number of rotatable bonds is 5. The molecular weight excluding hydrogens is 306 g/mol. The van der Waals surface area contributed by atoms with Gasteiger partial charge in [0, 0.05) is 12.8 Å². The van der Waals surface area contributed by atoms with Gasteiger partial charge < -0.3 is 15.1 Å². The highest BCUT2D eigenvalue weighted by molar-refractivity contribution is 6.23. The summed E-state index contributed by atoms with van der Waals surface area (Å²) in [5, 5.41) is 24.2. The van der Waals surface area contributed by atoms with E-state index in [0.29, 0.717) is 37.2 Å². The van der Waals surface area contributed by atoms with Crippen LogP contribution in [0.3, 0.4) is 0 Å². The third kappa shape index (κ3) is 3.61. The number of benzene rings is 1. The number of hydrogen-bond donors (Lipinski definition) is 2. The molecule has 1 aliphatic rings. The highest BCUT2D eigenvalue weighted by Crippen LogP contribution is 2.38. The van der Waals surface area contributed by atoms with E-state index >= 15 is 0 Å². The summed E-state index contributed by atoms with van der Waals surface area (Å²) >= 11 is 0. The quantitative estimate of drug-likeness (QED) is 0.629. The number of nitrogens with zero attached hydrogens (tertiary/aromatic N) is 1. The molecular formula is C19H25NO4. The van der Waals surface area contributed by atoms with E-state index in [4.69, 9.17) is 4.84 Å². The normalized spacial score (nSPS) is 18.9. The Morgan fingerprint density at radius 1 is 1.21 bits per heavy atom. The standard InChI is InChI=1S/C19H25NO4/c1-5-15(20-24-6-2)19-16(22)9-13(10-17(19)23)18-11(3)7-14(21)8-12(18)4/h7-8,13,21-22H,5-6,9-10H2,1-4H3. The van der Waals surface area contributed by atoms with Crippen LogP contribution in [0.25, 0.3) is 0 Å². The smallest absolute Gasteiger partial charge is 0.168 e. The van der Waals surface area contributed by atoms with Crippen LogP contribution in [0.4, 0.5) is 0 Å². The van der Waals surface area contributed by atoms with E-state index < -0.39 is 0 Å². The van der Waals surface area contributed by atoms with E-state index in [9.17, 15) is 15.0 Å². The van der Waals surface area contributed by atoms with Gasteiger partial charge in [-0.3, -0.25) is 4.79 Å². The summed E-state index contributed by atoms with van der Waals surface area (Å²) in [7, 11) is 0. The topological polar surface area (TPSA) is 79.1 Å². The number of allylic oxidation sites excluding steroid dienone is 2. The largest absolute Gasteiger partial charge is 0.511 e. The molecule has 2 rings (SSSR count). The lowest BCUT2D eigenvalue weighted by Gasteiger charge is -2.26. The summed E-state index contributed by atoms with van der Waals surface area (Å²) in [4.78, 5) is 17.7. The number of aryl methyl sites for hydroxylation is 2. The van der Waals surface area contributed by atoms with Crippen LogP contribution in [-0.4, -0.2) is 28.3 Å². The number of Topliss-reactive ketones (excluding diaryl/α,β-unsaturated/α-hetero) is 1. The third-order valence-corrected chi connectivity index (χ3v) is 4.35. The van der Waals surface area contributed by atoms with Crippen molar-refractivity contribution in [3.63, 3.8) is 0 Å². The van der Waals surface area contributed by atoms with Crippen LogP contribution in [0, 0.1) is 13.8 Å². The predicted octanol–water partition coefficient (Wildman–Crippen LogP) is 4.07. The molecule has 0 heterocycles. The lowest BCUT2D eigenvalue weighted by molar-refractivity contribution is -0.116. The Morgan fingerprint density at radius 2 is 1.83 bits per heavy atom. The van der Waals surface area contributed by atoms with Gasteiger partial charge in [-0.25, -0.2) is 0 Å². The molecule has 0 saturated heterocycles. The van der Waals surface area contributed by atoms with E-state index in [2.05, 4.69) is 5.16 Å². The van der Waals surface area contributed by atoms with E-state index in [1.165, 1.54) is 0 Å². The SMILES string of the molecule is CCON=C(CC)C1=C(O)CC(c2c(C)cc(O)cc2C)CC1=O. The Bertz CT molecular complexity index is 680. The van der Waals surface area contributed by atoms with Crippen LogP contribution in [-0.2, 0) is 9.63 Å². The second-order valence-corrected chi connectivity index (χ2v) is 6.15. The molecule has 1 unspecified atom stereocenters. The molecule has 5 heteroatoms. The maximum Gasteiger partial charge on any atom is 0.168 e. The molecule has 1 aromatic carbocycles. The van der Waals surface area contributed by atoms with Crippen LogP contribution < -0.4 is 0 Å². The maximum atomic E-state index is 12.6. The number of ketones is 1. The van der Waals surface area contributed by atoms with Crippen molar-refractivity contribution in [3.05, 3.63) is 40.2 Å². The maximum absolute atomic E-state index is 12.6. The van der Waals surface area contributed by atoms with Crippen LogP contribution in [0.2, 0.25) is 0 Å². The fraction of sp³-hybridized carbons (Fsp3) is 0.474. The minimum Gasteiger partial charge on any atom is -0.511 e. The molecule has 2 N–H and O–H groups in total. The molecule has 0 radical (unpaired) electrons. The zero-order valence-corrected chi connectivity index (χ0v) is 14.7. The van der Waals surface area contributed by atoms with Crippen molar-refractivity contribution in [1.29, 1.82) is 0 Å². The Hall–Kier alpha value is -2.30. The first kappa shape index (κ1) is 18.0. The Kier molecular flexibility index (Phi) is 5.65. The van der Waals surface area contributed by atoms with Crippen molar-refractivity contribution in [2.24, 2.45) is 5.16 Å². The lowest BCUT2D eigenvalue weighted by atomic mass is 9.78. The van der Waals surface area contributed by atoms with Gasteiger partial charge in [-0.2, -0.15) is 0 Å². The molecule has 5 nitrogen and oxygen atoms in total. The average Bonchev–Trinajstić information content (AvgIpc) is 2.48. The van der Waals surface area contributed by atoms with Crippen LogP contribution in [0.15, 0.2) is 28.6 Å². The van der Waals surface area contributed by atoms with Gasteiger partial charge in [0.05, 0.1) is 11.3 Å². The van der Waals surface area contributed by atoms with E-state index in [-0.39, 0.29) is 23.2 Å². The number of phenolic OH excluding ortho intramolecular Hbond substituents is 1. The van der Waals surface area contributed by atoms with Crippen molar-refractivity contribution in [2.75, 3.05) is 6.61 Å². The molecule has 0 bridgehead atoms. The van der Waals surface area contributed by atoms with E-state index in [1.54, 1.807) is 12.1 Å². The summed E-state index contributed by atoms with van der Waals surface area (Å²) < 4.78 is 0. The number of aromatic hydroxyl groups is 1. The predicted molar refractivity (Wildman–Crippen MR) is 93.6 cm³/mol. The number of phenols is 1. The van der Waals surface area contributed by atoms with Crippen molar-refractivity contribution in [2.45, 2.75) is 52.9 Å². The zero-order chi connectivity index (χ0) is 17.9. The molecule has 0 saturated carbocycles. The molecule has 0 aromatic heterocycles. The number of carbonyl (C=O) groups excluding carboxylic acids is 1. The van der Waals surface area contributed by atoms with Gasteiger partial charge in [0.1, 0.15) is 18.1 Å². The van der Waals surface area contributed by atoms with E-state index in [1.807, 2.05) is 27.7 Å². The number of hydrogen-bond acceptors (Lipinski definition) is 5. The Balaban J connectivity index is 2.38. The van der Waals surface area contributed by atoms with Crippen LogP contribution in [0.1, 0.15) is 55.7 Å². The summed E-state index contributed by atoms with van der Waals surface area (Å²) in [6, 6.07) is 3.38. The van der Waals surface area contributed by atoms with Gasteiger partial charge in [0.25, 0.3) is 0 Å². The van der Waals surface area contributed by atoms with Gasteiger partial charge >= 0.3 is 0 Å². The van der Waals surface area contributed by atoms with Crippen molar-refractivity contribution < 1.29 is 19.8 Å². The second-order valence-electron chi connectivity index (χ2n) is 6.15. The fourth-order valence-electron chi connectivity index (χ4n) is 3.45. The minimum atomic E-state index is -0.115. The summed E-state index contributed by atoms with van der Waals surface area (Å²) in [6.07, 6.45) is 1.22. The molecule has 1 aliphatic carbocycles. The molecule has 24 heavy (non-hydrogen) atoms. The zero-order valence-electron chi connectivity index (χ0n) is 14.7. The van der Waals surface area contributed by atoms with Crippen LogP contribution in [0.5, 0.6) is 5.75 Å². The summed E-state index contributed by atoms with van der Waals surface area (Å²) in [6.45, 7) is 7.94. The molecule has 0 fully saturated rings. The van der Waals surface area contributed by atoms with Gasteiger partial charge in [-0.15, -0.1) is 0 Å². The number of aliphatic hydroxyl groups excluding tert-OH is 1. The van der Waals surface area contributed by atoms with Gasteiger partial charge in [-0.05, 0) is 61.9 Å². The minimum absolute atomic E-state index is 0.0726. The molecule has 1 atom stereocenters. The summed E-state index contributed by atoms with van der Waals surface area (Å²) in [5.41, 5.74) is 3.68. The molecule has 130 valence electrons. The number of aliphatic hydroxyl groups is 1. The first-order chi connectivity index (χ1) is 11.4. The van der Waals surface area contributed by atoms with Crippen molar-refractivity contribution in [1.82, 2.24) is 0 Å². The monoisotopic (exact) mass is 331 g/mol. The Labute approximate surface area is 142 Å². The third-order valence-electron chi connectivity index (χ3n) is 4.35. The van der Waals surface area contributed by atoms with Crippen LogP contribution >= 0.6 is 0 Å². The van der Waals surface area contributed by atoms with E-state index in [0.717, 1.165) is 16.7 Å². The average molecular weight is 331 g/mol. The highest BCUT2D eigenvalue weighted by Gasteiger charge is 2.32. The lowest BCUT2D eigenvalue weighted by Crippen LogP contribution is -2.24. The van der Waals surface area contributed by atoms with Gasteiger partial charge in [0.15, 0.2) is 5.78 Å². The molecule has 0 aliphatic heterocycles. The molecule has 0 amide bonds. The number of oxime groups is 1. The Morgan fingerprint density at radius 3 is 2.33 bits per heavy atom. The molecule has 0 spiro atoms.